The van der Waals surface area contributed by atoms with Crippen molar-refractivity contribution in [2.24, 2.45) is 0 Å². The van der Waals surface area contributed by atoms with Crippen LogP contribution in [-0.2, 0) is 4.79 Å². The van der Waals surface area contributed by atoms with E-state index in [4.69, 9.17) is 0 Å². The molecule has 6 nitrogen and oxygen atoms in total. The Balaban J connectivity index is 1.61. The molecule has 0 radical (unpaired) electrons. The molecule has 0 aliphatic heterocycles. The standard InChI is InChI=1S/C17H26N4O2/c1-13(15-9-5-6-11-18-15)20-16(22)10-12-19-17(23)21-14-7-3-2-4-8-14/h5-6,9,11,13-14H,2-4,7-8,10,12H2,1H3,(H,20,22)(H2,19,21,23)/t13-/m0/s1. The van der Waals surface area contributed by atoms with Crippen molar-refractivity contribution in [2.45, 2.75) is 57.5 Å². The molecule has 2 rings (SSSR count). The molecular weight excluding hydrogens is 292 g/mol. The summed E-state index contributed by atoms with van der Waals surface area (Å²) in [6.45, 7) is 2.22. The van der Waals surface area contributed by atoms with Gasteiger partial charge in [-0.3, -0.25) is 9.78 Å². The molecule has 1 heterocycles. The van der Waals surface area contributed by atoms with Gasteiger partial charge in [0.15, 0.2) is 0 Å². The molecule has 1 aromatic heterocycles. The van der Waals surface area contributed by atoms with Crippen molar-refractivity contribution in [3.8, 4) is 0 Å². The summed E-state index contributed by atoms with van der Waals surface area (Å²) in [4.78, 5) is 27.9. The number of hydrogen-bond acceptors (Lipinski definition) is 3. The van der Waals surface area contributed by atoms with E-state index in [1.165, 1.54) is 19.3 Å². The minimum atomic E-state index is -0.178. The summed E-state index contributed by atoms with van der Waals surface area (Å²) in [5.41, 5.74) is 0.823. The molecule has 1 saturated carbocycles. The summed E-state index contributed by atoms with van der Waals surface area (Å²) < 4.78 is 0. The zero-order chi connectivity index (χ0) is 16.5. The van der Waals surface area contributed by atoms with Gasteiger partial charge in [0, 0.05) is 25.2 Å². The normalized spacial score (nSPS) is 16.4. The zero-order valence-electron chi connectivity index (χ0n) is 13.7. The van der Waals surface area contributed by atoms with Crippen LogP contribution in [0.5, 0.6) is 0 Å². The van der Waals surface area contributed by atoms with Crippen molar-refractivity contribution < 1.29 is 9.59 Å². The maximum atomic E-state index is 11.9. The summed E-state index contributed by atoms with van der Waals surface area (Å²) in [5.74, 6) is -0.0962. The van der Waals surface area contributed by atoms with Crippen LogP contribution in [0.1, 0.15) is 57.2 Å². The fourth-order valence-electron chi connectivity index (χ4n) is 2.79. The summed E-state index contributed by atoms with van der Waals surface area (Å²) in [7, 11) is 0. The summed E-state index contributed by atoms with van der Waals surface area (Å²) in [6, 6.07) is 5.57. The number of nitrogens with zero attached hydrogens (tertiary/aromatic N) is 1. The van der Waals surface area contributed by atoms with Crippen molar-refractivity contribution in [2.75, 3.05) is 6.54 Å². The molecule has 6 heteroatoms. The third kappa shape index (κ3) is 6.26. The predicted molar refractivity (Wildman–Crippen MR) is 88.8 cm³/mol. The highest BCUT2D eigenvalue weighted by molar-refractivity contribution is 5.78. The van der Waals surface area contributed by atoms with Gasteiger partial charge in [0.05, 0.1) is 11.7 Å². The zero-order valence-corrected chi connectivity index (χ0v) is 13.7. The van der Waals surface area contributed by atoms with E-state index < -0.39 is 0 Å². The number of urea groups is 1. The Morgan fingerprint density at radius 2 is 2.04 bits per heavy atom. The fourth-order valence-corrected chi connectivity index (χ4v) is 2.79. The summed E-state index contributed by atoms with van der Waals surface area (Å²) in [5, 5.41) is 8.59. The van der Waals surface area contributed by atoms with Gasteiger partial charge in [-0.05, 0) is 31.9 Å². The van der Waals surface area contributed by atoms with Crippen LogP contribution in [0.4, 0.5) is 4.79 Å². The number of aromatic nitrogens is 1. The van der Waals surface area contributed by atoms with Crippen LogP contribution >= 0.6 is 0 Å². The Morgan fingerprint density at radius 1 is 1.26 bits per heavy atom. The van der Waals surface area contributed by atoms with E-state index in [0.29, 0.717) is 6.54 Å². The van der Waals surface area contributed by atoms with Gasteiger partial charge in [0.2, 0.25) is 5.91 Å². The molecule has 126 valence electrons. The SMILES string of the molecule is C[C@H](NC(=O)CCNC(=O)NC1CCCCC1)c1ccccn1. The lowest BCUT2D eigenvalue weighted by atomic mass is 9.96. The predicted octanol–water partition coefficient (Wildman–Crippen LogP) is 2.28. The lowest BCUT2D eigenvalue weighted by Crippen LogP contribution is -2.43. The van der Waals surface area contributed by atoms with E-state index in [-0.39, 0.29) is 30.4 Å². The molecule has 1 fully saturated rings. The number of nitrogens with one attached hydrogen (secondary N) is 3. The maximum Gasteiger partial charge on any atom is 0.315 e. The Labute approximate surface area is 137 Å². The first-order valence-electron chi connectivity index (χ1n) is 8.40. The average molecular weight is 318 g/mol. The number of amides is 3. The van der Waals surface area contributed by atoms with Gasteiger partial charge in [-0.2, -0.15) is 0 Å². The minimum absolute atomic E-state index is 0.0962. The second kappa shape index (κ2) is 9.12. The third-order valence-electron chi connectivity index (χ3n) is 4.09. The number of rotatable bonds is 6. The van der Waals surface area contributed by atoms with Crippen LogP contribution in [0, 0.1) is 0 Å². The third-order valence-corrected chi connectivity index (χ3v) is 4.09. The summed E-state index contributed by atoms with van der Waals surface area (Å²) >= 11 is 0. The minimum Gasteiger partial charge on any atom is -0.348 e. The molecule has 1 atom stereocenters. The van der Waals surface area contributed by atoms with Crippen LogP contribution < -0.4 is 16.0 Å². The largest absolute Gasteiger partial charge is 0.348 e. The fraction of sp³-hybridized carbons (Fsp3) is 0.588. The monoisotopic (exact) mass is 318 g/mol. The van der Waals surface area contributed by atoms with Crippen LogP contribution in [0.25, 0.3) is 0 Å². The van der Waals surface area contributed by atoms with E-state index in [0.717, 1.165) is 18.5 Å². The number of pyridine rings is 1. The number of carbonyl (C=O) groups is 2. The average Bonchev–Trinajstić information content (AvgIpc) is 2.56. The molecule has 0 bridgehead atoms. The summed E-state index contributed by atoms with van der Waals surface area (Å²) in [6.07, 6.45) is 7.68. The first-order valence-corrected chi connectivity index (χ1v) is 8.40. The van der Waals surface area contributed by atoms with Gasteiger partial charge in [-0.25, -0.2) is 4.79 Å². The first-order chi connectivity index (χ1) is 11.1. The Morgan fingerprint density at radius 3 is 2.74 bits per heavy atom. The Bertz CT molecular complexity index is 501. The van der Waals surface area contributed by atoms with Crippen molar-refractivity contribution >= 4 is 11.9 Å². The van der Waals surface area contributed by atoms with Crippen molar-refractivity contribution in [3.05, 3.63) is 30.1 Å². The van der Waals surface area contributed by atoms with Crippen LogP contribution in [0.3, 0.4) is 0 Å². The molecular formula is C17H26N4O2. The lowest BCUT2D eigenvalue weighted by Gasteiger charge is -2.22. The first kappa shape index (κ1) is 17.2. The van der Waals surface area contributed by atoms with Gasteiger partial charge in [-0.1, -0.05) is 25.3 Å². The topological polar surface area (TPSA) is 83.1 Å². The van der Waals surface area contributed by atoms with Crippen molar-refractivity contribution in [3.63, 3.8) is 0 Å². The van der Waals surface area contributed by atoms with Crippen molar-refractivity contribution in [1.29, 1.82) is 0 Å². The molecule has 1 aromatic rings. The van der Waals surface area contributed by atoms with E-state index in [9.17, 15) is 9.59 Å². The number of hydrogen-bond donors (Lipinski definition) is 3. The lowest BCUT2D eigenvalue weighted by molar-refractivity contribution is -0.121. The van der Waals surface area contributed by atoms with E-state index in [2.05, 4.69) is 20.9 Å². The van der Waals surface area contributed by atoms with Gasteiger partial charge < -0.3 is 16.0 Å². The maximum absolute atomic E-state index is 11.9. The van der Waals surface area contributed by atoms with E-state index in [1.54, 1.807) is 6.20 Å². The van der Waals surface area contributed by atoms with E-state index in [1.807, 2.05) is 25.1 Å². The molecule has 23 heavy (non-hydrogen) atoms. The highest BCUT2D eigenvalue weighted by Gasteiger charge is 2.15. The molecule has 1 aliphatic carbocycles. The van der Waals surface area contributed by atoms with Crippen molar-refractivity contribution in [1.82, 2.24) is 20.9 Å². The van der Waals surface area contributed by atoms with Crippen LogP contribution in [0.15, 0.2) is 24.4 Å². The van der Waals surface area contributed by atoms with Gasteiger partial charge in [0.1, 0.15) is 0 Å². The number of carbonyl (C=O) groups excluding carboxylic acids is 2. The second-order valence-corrected chi connectivity index (χ2v) is 6.03. The van der Waals surface area contributed by atoms with Crippen LogP contribution in [0.2, 0.25) is 0 Å². The molecule has 0 spiro atoms. The molecule has 1 aliphatic rings. The highest BCUT2D eigenvalue weighted by atomic mass is 16.2. The Hall–Kier alpha value is -2.11. The molecule has 0 saturated heterocycles. The highest BCUT2D eigenvalue weighted by Crippen LogP contribution is 2.17. The second-order valence-electron chi connectivity index (χ2n) is 6.03. The van der Waals surface area contributed by atoms with Gasteiger partial charge in [0.25, 0.3) is 0 Å². The van der Waals surface area contributed by atoms with Gasteiger partial charge >= 0.3 is 6.03 Å². The van der Waals surface area contributed by atoms with Crippen LogP contribution in [-0.4, -0.2) is 29.5 Å². The smallest absolute Gasteiger partial charge is 0.315 e. The molecule has 3 amide bonds. The van der Waals surface area contributed by atoms with Gasteiger partial charge in [-0.15, -0.1) is 0 Å². The molecule has 0 aromatic carbocycles. The Kier molecular flexibility index (Phi) is 6.84. The van der Waals surface area contributed by atoms with E-state index >= 15 is 0 Å². The molecule has 3 N–H and O–H groups in total. The quantitative estimate of drug-likeness (QED) is 0.752. The molecule has 0 unspecified atom stereocenters.